The average Bonchev–Trinajstić information content (AvgIpc) is 4.01. The van der Waals surface area contributed by atoms with Crippen molar-refractivity contribution in [1.29, 1.82) is 0 Å². The van der Waals surface area contributed by atoms with Crippen molar-refractivity contribution < 1.29 is 41.2 Å². The van der Waals surface area contributed by atoms with Crippen molar-refractivity contribution in [2.75, 3.05) is 6.54 Å². The number of hydrogen-bond acceptors (Lipinski definition) is 11. The smallest absolute Gasteiger partial charge is 0.274 e. The third-order valence-electron chi connectivity index (χ3n) is 10.3. The van der Waals surface area contributed by atoms with Gasteiger partial charge in [-0.1, -0.05) is 37.1 Å². The first-order valence-electron chi connectivity index (χ1n) is 18.1. The van der Waals surface area contributed by atoms with Crippen molar-refractivity contribution >= 4 is 44.7 Å². The van der Waals surface area contributed by atoms with E-state index in [4.69, 9.17) is 9.26 Å². The van der Waals surface area contributed by atoms with Gasteiger partial charge in [-0.15, -0.1) is 0 Å². The number of aromatic nitrogens is 3. The number of ether oxygens (including phenoxy) is 1. The molecule has 3 aromatic rings. The maximum absolute atomic E-state index is 14.5. The fourth-order valence-corrected chi connectivity index (χ4v) is 8.45. The molecule has 7 rings (SSSR count). The van der Waals surface area contributed by atoms with E-state index in [0.29, 0.717) is 49.1 Å². The summed E-state index contributed by atoms with van der Waals surface area (Å²) in [5.41, 5.74) is -0.291. The quantitative estimate of drug-likeness (QED) is 0.286. The Hall–Kier alpha value is -4.93. The Balaban J connectivity index is 1.20. The molecule has 282 valence electrons. The highest BCUT2D eigenvalue weighted by molar-refractivity contribution is 7.91. The summed E-state index contributed by atoms with van der Waals surface area (Å²) in [7, 11) is -3.91. The zero-order chi connectivity index (χ0) is 37.5. The zero-order valence-corrected chi connectivity index (χ0v) is 30.3. The van der Waals surface area contributed by atoms with Crippen molar-refractivity contribution in [3.63, 3.8) is 0 Å². The Bertz CT molecular complexity index is 2090. The van der Waals surface area contributed by atoms with Gasteiger partial charge in [0.15, 0.2) is 5.69 Å². The third-order valence-corrected chi connectivity index (χ3v) is 12.1. The Kier molecular flexibility index (Phi) is 9.95. The van der Waals surface area contributed by atoms with Crippen LogP contribution in [0.4, 0.5) is 4.39 Å². The molecule has 17 heteroatoms. The van der Waals surface area contributed by atoms with Crippen molar-refractivity contribution in [2.24, 2.45) is 5.92 Å². The SMILES string of the molecule is CCc1nc2ccc(F)cc2nc1OC1CC2C(=O)NC3(C(=O)NS(=O)(=O)C4CC4)CC3C=CCCCCCC(NC(=O)c3cc(C)on3)C(=O)N2C1. The molecule has 2 aliphatic heterocycles. The number of aryl methyl sites for hydroxylation is 2. The van der Waals surface area contributed by atoms with E-state index < -0.39 is 74.4 Å². The lowest BCUT2D eigenvalue weighted by Crippen LogP contribution is -2.58. The van der Waals surface area contributed by atoms with Gasteiger partial charge in [0, 0.05) is 24.5 Å². The molecule has 2 aliphatic carbocycles. The van der Waals surface area contributed by atoms with Crippen LogP contribution in [0, 0.1) is 18.7 Å². The summed E-state index contributed by atoms with van der Waals surface area (Å²) in [5.74, 6) is -3.06. The first-order chi connectivity index (χ1) is 25.4. The molecule has 5 atom stereocenters. The lowest BCUT2D eigenvalue weighted by Gasteiger charge is -2.29. The molecule has 4 heterocycles. The second-order valence-corrected chi connectivity index (χ2v) is 16.3. The van der Waals surface area contributed by atoms with Crippen LogP contribution >= 0.6 is 0 Å². The van der Waals surface area contributed by atoms with Crippen LogP contribution in [0.1, 0.15) is 86.7 Å². The summed E-state index contributed by atoms with van der Waals surface area (Å²) in [4.78, 5) is 66.2. The molecule has 1 aromatic carbocycles. The van der Waals surface area contributed by atoms with Crippen LogP contribution in [0.15, 0.2) is 40.9 Å². The van der Waals surface area contributed by atoms with Crippen LogP contribution in [0.5, 0.6) is 5.88 Å². The third kappa shape index (κ3) is 7.75. The highest BCUT2D eigenvalue weighted by Crippen LogP contribution is 2.46. The molecule has 0 spiro atoms. The topological polar surface area (TPSA) is 203 Å². The largest absolute Gasteiger partial charge is 0.471 e. The van der Waals surface area contributed by atoms with Crippen LogP contribution < -0.4 is 20.1 Å². The van der Waals surface area contributed by atoms with Crippen LogP contribution in [-0.4, -0.2) is 87.6 Å². The maximum atomic E-state index is 14.5. The summed E-state index contributed by atoms with van der Waals surface area (Å²) in [6.07, 6.45) is 7.50. The summed E-state index contributed by atoms with van der Waals surface area (Å²) < 4.78 is 53.3. The molecule has 3 N–H and O–H groups in total. The van der Waals surface area contributed by atoms with E-state index in [1.54, 1.807) is 6.92 Å². The highest BCUT2D eigenvalue weighted by Gasteiger charge is 2.62. The number of benzene rings is 1. The number of nitrogens with one attached hydrogen (secondary N) is 3. The Morgan fingerprint density at radius 3 is 2.66 bits per heavy atom. The van der Waals surface area contributed by atoms with E-state index in [-0.39, 0.29) is 42.9 Å². The van der Waals surface area contributed by atoms with E-state index in [0.717, 1.165) is 12.8 Å². The van der Waals surface area contributed by atoms with E-state index in [1.165, 1.54) is 29.2 Å². The van der Waals surface area contributed by atoms with Crippen molar-refractivity contribution in [3.8, 4) is 5.88 Å². The molecule has 2 aromatic heterocycles. The monoisotopic (exact) mass is 751 g/mol. The van der Waals surface area contributed by atoms with Crippen molar-refractivity contribution in [1.82, 2.24) is 35.4 Å². The van der Waals surface area contributed by atoms with Crippen LogP contribution in [-0.2, 0) is 30.8 Å². The van der Waals surface area contributed by atoms with Crippen LogP contribution in [0.3, 0.4) is 0 Å². The average molecular weight is 752 g/mol. The predicted molar refractivity (Wildman–Crippen MR) is 187 cm³/mol. The normalized spacial score (nSPS) is 26.5. The first-order valence-corrected chi connectivity index (χ1v) is 19.6. The van der Waals surface area contributed by atoms with E-state index in [2.05, 4.69) is 30.5 Å². The molecular weight excluding hydrogens is 710 g/mol. The number of allylic oxidation sites excluding steroid dienone is 1. The molecule has 0 radical (unpaired) electrons. The molecule has 4 aliphatic rings. The number of rotatable bonds is 8. The lowest BCUT2D eigenvalue weighted by atomic mass is 10.0. The van der Waals surface area contributed by atoms with Gasteiger partial charge in [-0.2, -0.15) is 0 Å². The van der Waals surface area contributed by atoms with Gasteiger partial charge in [0.25, 0.3) is 11.8 Å². The zero-order valence-electron chi connectivity index (χ0n) is 29.5. The number of hydrogen-bond donors (Lipinski definition) is 3. The van der Waals surface area contributed by atoms with Crippen LogP contribution in [0.25, 0.3) is 11.0 Å². The highest BCUT2D eigenvalue weighted by atomic mass is 32.2. The summed E-state index contributed by atoms with van der Waals surface area (Å²) in [5, 5.41) is 8.75. The molecule has 2 saturated carbocycles. The molecular formula is C36H42FN7O8S. The number of carbonyl (C=O) groups excluding carboxylic acids is 4. The molecule has 53 heavy (non-hydrogen) atoms. The molecule has 3 fully saturated rings. The Labute approximate surface area is 305 Å². The van der Waals surface area contributed by atoms with Gasteiger partial charge >= 0.3 is 0 Å². The second-order valence-electron chi connectivity index (χ2n) is 14.3. The number of nitrogens with zero attached hydrogens (tertiary/aromatic N) is 4. The summed E-state index contributed by atoms with van der Waals surface area (Å²) in [6, 6.07) is 3.29. The van der Waals surface area contributed by atoms with E-state index >= 15 is 0 Å². The van der Waals surface area contributed by atoms with Crippen molar-refractivity contribution in [3.05, 3.63) is 59.4 Å². The molecule has 0 bridgehead atoms. The fraction of sp³-hybridized carbons (Fsp3) is 0.528. The number of halogens is 1. The molecule has 15 nitrogen and oxygen atoms in total. The fourth-order valence-electron chi connectivity index (χ4n) is 7.08. The minimum absolute atomic E-state index is 0.000503. The molecule has 5 unspecified atom stereocenters. The second kappa shape index (κ2) is 14.5. The number of carbonyl (C=O) groups is 4. The summed E-state index contributed by atoms with van der Waals surface area (Å²) in [6.45, 7) is 3.41. The van der Waals surface area contributed by atoms with Gasteiger partial charge in [-0.3, -0.25) is 23.9 Å². The van der Waals surface area contributed by atoms with Gasteiger partial charge < -0.3 is 24.8 Å². The Morgan fingerprint density at radius 1 is 1.11 bits per heavy atom. The minimum atomic E-state index is -3.91. The van der Waals surface area contributed by atoms with Gasteiger partial charge in [0.1, 0.15) is 41.0 Å². The van der Waals surface area contributed by atoms with E-state index in [9.17, 15) is 32.0 Å². The van der Waals surface area contributed by atoms with Crippen molar-refractivity contribution in [2.45, 2.75) is 107 Å². The van der Waals surface area contributed by atoms with Gasteiger partial charge in [-0.25, -0.2) is 22.8 Å². The number of sulfonamides is 1. The molecule has 1 saturated heterocycles. The number of amides is 4. The van der Waals surface area contributed by atoms with Gasteiger partial charge in [0.05, 0.1) is 22.8 Å². The van der Waals surface area contributed by atoms with Gasteiger partial charge in [-0.05, 0) is 64.0 Å². The standard InChI is InChI=1S/C36H42FN7O8S/c1-3-25-33(40-28-16-22(37)11-14-26(28)38-25)51-23-17-30-32(46)41-36(35(48)43-53(49,50)24-12-13-24)18-21(36)9-7-5-4-6-8-10-27(34(47)44(30)19-23)39-31(45)29-15-20(2)52-42-29/h7,9,11,14-16,21,23-24,27,30H,3-6,8,10,12-13,17-19H2,1-2H3,(H,39,45)(H,41,46)(H,43,48). The Morgan fingerprint density at radius 2 is 1.92 bits per heavy atom. The van der Waals surface area contributed by atoms with E-state index in [1.807, 2.05) is 19.1 Å². The number of fused-ring (bicyclic) bond motifs is 3. The predicted octanol–water partition coefficient (Wildman–Crippen LogP) is 2.78. The lowest BCUT2D eigenvalue weighted by molar-refractivity contribution is -0.141. The summed E-state index contributed by atoms with van der Waals surface area (Å²) >= 11 is 0. The van der Waals surface area contributed by atoms with Gasteiger partial charge in [0.2, 0.25) is 27.7 Å². The first kappa shape index (κ1) is 36.4. The maximum Gasteiger partial charge on any atom is 0.274 e. The minimum Gasteiger partial charge on any atom is -0.471 e. The van der Waals surface area contributed by atoms with Crippen LogP contribution in [0.2, 0.25) is 0 Å². The molecule has 4 amide bonds.